The Morgan fingerprint density at radius 1 is 1.36 bits per heavy atom. The quantitative estimate of drug-likeness (QED) is 0.924. The molecule has 1 aliphatic rings. The summed E-state index contributed by atoms with van der Waals surface area (Å²) in [5.74, 6) is 0.499. The Bertz CT molecular complexity index is 482. The Morgan fingerprint density at radius 3 is 2.68 bits per heavy atom. The third-order valence-corrected chi connectivity index (χ3v) is 4.08. The second kappa shape index (κ2) is 7.14. The zero-order valence-corrected chi connectivity index (χ0v) is 14.1. The summed E-state index contributed by atoms with van der Waals surface area (Å²) in [4.78, 5) is 14.2. The Morgan fingerprint density at radius 2 is 2.05 bits per heavy atom. The number of rotatable bonds is 4. The molecule has 0 unspecified atom stereocenters. The van der Waals surface area contributed by atoms with Crippen LogP contribution in [0.25, 0.3) is 0 Å². The third kappa shape index (κ3) is 5.02. The summed E-state index contributed by atoms with van der Waals surface area (Å²) in [5.41, 5.74) is 0.913. The van der Waals surface area contributed by atoms with Crippen LogP contribution in [0.15, 0.2) is 30.3 Å². The van der Waals surface area contributed by atoms with E-state index in [0.29, 0.717) is 18.5 Å². The van der Waals surface area contributed by atoms with Gasteiger partial charge in [0.2, 0.25) is 0 Å². The van der Waals surface area contributed by atoms with Gasteiger partial charge in [0, 0.05) is 19.1 Å². The molecule has 122 valence electrons. The number of benzene rings is 1. The average molecular weight is 304 g/mol. The summed E-state index contributed by atoms with van der Waals surface area (Å²) < 4.78 is 5.28. The smallest absolute Gasteiger partial charge is 0.407 e. The lowest BCUT2D eigenvalue weighted by Gasteiger charge is -2.25. The molecule has 22 heavy (non-hydrogen) atoms. The molecular formula is C18H28N2O2. The monoisotopic (exact) mass is 304 g/mol. The van der Waals surface area contributed by atoms with Crippen LogP contribution in [0.4, 0.5) is 4.79 Å². The van der Waals surface area contributed by atoms with E-state index in [1.807, 2.05) is 26.8 Å². The fourth-order valence-corrected chi connectivity index (χ4v) is 2.87. The van der Waals surface area contributed by atoms with Crippen LogP contribution < -0.4 is 5.32 Å². The summed E-state index contributed by atoms with van der Waals surface area (Å²) in [6, 6.07) is 11.0. The highest BCUT2D eigenvalue weighted by Gasteiger charge is 2.27. The number of hydrogen-bond donors (Lipinski definition) is 1. The van der Waals surface area contributed by atoms with Gasteiger partial charge >= 0.3 is 6.09 Å². The van der Waals surface area contributed by atoms with Crippen LogP contribution in [0.5, 0.6) is 0 Å². The van der Waals surface area contributed by atoms with E-state index in [9.17, 15) is 4.79 Å². The number of carbonyl (C=O) groups excluding carboxylic acids is 1. The molecule has 1 saturated heterocycles. The highest BCUT2D eigenvalue weighted by atomic mass is 16.6. The molecule has 1 aliphatic heterocycles. The predicted molar refractivity (Wildman–Crippen MR) is 88.8 cm³/mol. The van der Waals surface area contributed by atoms with Crippen molar-refractivity contribution in [2.45, 2.75) is 45.8 Å². The van der Waals surface area contributed by atoms with Crippen LogP contribution >= 0.6 is 0 Å². The van der Waals surface area contributed by atoms with Crippen LogP contribution in [0.3, 0.4) is 0 Å². The summed E-state index contributed by atoms with van der Waals surface area (Å²) in [7, 11) is 0. The molecule has 1 aromatic carbocycles. The number of amides is 1. The van der Waals surface area contributed by atoms with Crippen molar-refractivity contribution in [2.24, 2.45) is 5.92 Å². The highest BCUT2D eigenvalue weighted by Crippen LogP contribution is 2.26. The summed E-state index contributed by atoms with van der Waals surface area (Å²) in [6.07, 6.45) is 0.800. The van der Waals surface area contributed by atoms with Crippen molar-refractivity contribution in [3.8, 4) is 0 Å². The fourth-order valence-electron chi connectivity index (χ4n) is 2.87. The lowest BCUT2D eigenvalue weighted by atomic mass is 10.1. The maximum atomic E-state index is 11.7. The Hall–Kier alpha value is -1.55. The van der Waals surface area contributed by atoms with E-state index >= 15 is 0 Å². The number of carbonyl (C=O) groups is 1. The molecule has 4 nitrogen and oxygen atoms in total. The molecule has 0 saturated carbocycles. The van der Waals surface area contributed by atoms with Gasteiger partial charge in [-0.15, -0.1) is 0 Å². The molecule has 0 spiro atoms. The van der Waals surface area contributed by atoms with Crippen molar-refractivity contribution < 1.29 is 9.53 Å². The molecule has 0 radical (unpaired) electrons. The van der Waals surface area contributed by atoms with Gasteiger partial charge in [0.1, 0.15) is 5.60 Å². The molecule has 1 N–H and O–H groups in total. The molecule has 2 rings (SSSR count). The molecule has 1 heterocycles. The van der Waals surface area contributed by atoms with Gasteiger partial charge in [0.15, 0.2) is 0 Å². The first-order valence-electron chi connectivity index (χ1n) is 8.11. The Kier molecular flexibility index (Phi) is 5.46. The fraction of sp³-hybridized carbons (Fsp3) is 0.611. The van der Waals surface area contributed by atoms with Crippen molar-refractivity contribution in [1.82, 2.24) is 10.2 Å². The Labute approximate surface area is 133 Å². The van der Waals surface area contributed by atoms with Gasteiger partial charge in [-0.3, -0.25) is 4.90 Å². The van der Waals surface area contributed by atoms with Crippen LogP contribution in [0.1, 0.15) is 45.7 Å². The van der Waals surface area contributed by atoms with E-state index in [0.717, 1.165) is 19.5 Å². The third-order valence-electron chi connectivity index (χ3n) is 4.08. The van der Waals surface area contributed by atoms with Crippen LogP contribution in [-0.4, -0.2) is 36.2 Å². The van der Waals surface area contributed by atoms with E-state index in [2.05, 4.69) is 41.4 Å². The minimum atomic E-state index is -0.437. The molecule has 1 fully saturated rings. The van der Waals surface area contributed by atoms with Gasteiger partial charge in [0.25, 0.3) is 0 Å². The van der Waals surface area contributed by atoms with Gasteiger partial charge in [-0.05, 0) is 52.1 Å². The second-order valence-electron chi connectivity index (χ2n) is 7.12. The van der Waals surface area contributed by atoms with Crippen molar-refractivity contribution in [3.05, 3.63) is 35.9 Å². The molecule has 2 atom stereocenters. The average Bonchev–Trinajstić information content (AvgIpc) is 2.92. The number of nitrogens with zero attached hydrogens (tertiary/aromatic N) is 1. The van der Waals surface area contributed by atoms with E-state index in [-0.39, 0.29) is 6.09 Å². The van der Waals surface area contributed by atoms with Gasteiger partial charge in [-0.1, -0.05) is 30.3 Å². The predicted octanol–water partition coefficient (Wildman–Crippen LogP) is 3.59. The first-order chi connectivity index (χ1) is 10.3. The standard InChI is InChI=1S/C18H28N2O2/c1-14(16-8-6-5-7-9-16)20-11-10-15(13-20)12-19-17(21)22-18(2,3)4/h5-9,14-15H,10-13H2,1-4H3,(H,19,21)/t14-,15+/m0/s1. The first kappa shape index (κ1) is 16.8. The topological polar surface area (TPSA) is 41.6 Å². The van der Waals surface area contributed by atoms with Crippen molar-refractivity contribution in [1.29, 1.82) is 0 Å². The maximum Gasteiger partial charge on any atom is 0.407 e. The van der Waals surface area contributed by atoms with Crippen molar-refractivity contribution >= 4 is 6.09 Å². The lowest BCUT2D eigenvalue weighted by Crippen LogP contribution is -2.36. The normalized spacial score (nSPS) is 20.6. The van der Waals surface area contributed by atoms with Crippen LogP contribution in [0, 0.1) is 5.92 Å². The molecular weight excluding hydrogens is 276 g/mol. The SMILES string of the molecule is C[C@@H](c1ccccc1)N1CC[C@H](CNC(=O)OC(C)(C)C)C1. The molecule has 4 heteroatoms. The number of ether oxygens (including phenoxy) is 1. The summed E-state index contributed by atoms with van der Waals surface area (Å²) in [6.45, 7) is 10.7. The minimum absolute atomic E-state index is 0.318. The number of alkyl carbamates (subject to hydrolysis) is 1. The summed E-state index contributed by atoms with van der Waals surface area (Å²) in [5, 5.41) is 2.89. The van der Waals surface area contributed by atoms with Gasteiger partial charge in [-0.25, -0.2) is 4.79 Å². The van der Waals surface area contributed by atoms with Gasteiger partial charge < -0.3 is 10.1 Å². The van der Waals surface area contributed by atoms with E-state index < -0.39 is 5.60 Å². The summed E-state index contributed by atoms with van der Waals surface area (Å²) >= 11 is 0. The van der Waals surface area contributed by atoms with Crippen LogP contribution in [0.2, 0.25) is 0 Å². The highest BCUT2D eigenvalue weighted by molar-refractivity contribution is 5.67. The first-order valence-corrected chi connectivity index (χ1v) is 8.11. The number of likely N-dealkylation sites (tertiary alicyclic amines) is 1. The largest absolute Gasteiger partial charge is 0.444 e. The van der Waals surface area contributed by atoms with E-state index in [4.69, 9.17) is 4.74 Å². The van der Waals surface area contributed by atoms with Gasteiger partial charge in [0.05, 0.1) is 0 Å². The number of hydrogen-bond acceptors (Lipinski definition) is 3. The van der Waals surface area contributed by atoms with Crippen LogP contribution in [-0.2, 0) is 4.74 Å². The second-order valence-corrected chi connectivity index (χ2v) is 7.12. The van der Waals surface area contributed by atoms with E-state index in [1.54, 1.807) is 0 Å². The van der Waals surface area contributed by atoms with Crippen molar-refractivity contribution in [3.63, 3.8) is 0 Å². The van der Waals surface area contributed by atoms with Gasteiger partial charge in [-0.2, -0.15) is 0 Å². The molecule has 0 aliphatic carbocycles. The van der Waals surface area contributed by atoms with Crippen molar-refractivity contribution in [2.75, 3.05) is 19.6 Å². The number of nitrogens with one attached hydrogen (secondary N) is 1. The molecule has 0 aromatic heterocycles. The lowest BCUT2D eigenvalue weighted by molar-refractivity contribution is 0.0519. The minimum Gasteiger partial charge on any atom is -0.444 e. The Balaban J connectivity index is 1.77. The molecule has 0 bridgehead atoms. The van der Waals surface area contributed by atoms with E-state index in [1.165, 1.54) is 5.56 Å². The maximum absolute atomic E-state index is 11.7. The zero-order chi connectivity index (χ0) is 16.2. The molecule has 1 aromatic rings. The molecule has 1 amide bonds. The zero-order valence-electron chi connectivity index (χ0n) is 14.1.